The van der Waals surface area contributed by atoms with Crippen LogP contribution in [-0.4, -0.2) is 58.7 Å². The number of halogens is 6. The first-order chi connectivity index (χ1) is 13.6. The van der Waals surface area contributed by atoms with Gasteiger partial charge in [-0.1, -0.05) is 18.2 Å². The van der Waals surface area contributed by atoms with Crippen molar-refractivity contribution in [3.63, 3.8) is 0 Å². The number of alkyl halides is 6. The number of piperazine rings is 1. The SMILES string of the molecule is C/C=C\c1cc(C(O)(C(F)(F)F)C(F)(F)F)ccc1N1CC(C)N(C(=O)O)CC1C. The van der Waals surface area contributed by atoms with Crippen LogP contribution in [0.5, 0.6) is 0 Å². The first kappa shape index (κ1) is 23.8. The van der Waals surface area contributed by atoms with Gasteiger partial charge in [0.25, 0.3) is 5.60 Å². The molecule has 168 valence electrons. The van der Waals surface area contributed by atoms with Gasteiger partial charge in [-0.3, -0.25) is 0 Å². The smallest absolute Gasteiger partial charge is 0.430 e. The van der Waals surface area contributed by atoms with Gasteiger partial charge in [0.1, 0.15) is 0 Å². The molecule has 2 rings (SSSR count). The molecule has 0 saturated carbocycles. The van der Waals surface area contributed by atoms with Crippen molar-refractivity contribution >= 4 is 17.9 Å². The number of hydrogen-bond donors (Lipinski definition) is 2. The minimum atomic E-state index is -5.98. The number of anilines is 1. The average Bonchev–Trinajstić information content (AvgIpc) is 2.61. The van der Waals surface area contributed by atoms with E-state index in [1.54, 1.807) is 25.7 Å². The summed E-state index contributed by atoms with van der Waals surface area (Å²) in [6.07, 6.45) is -10.3. The Kier molecular flexibility index (Phi) is 6.37. The number of carboxylic acid groups (broad SMARTS) is 1. The summed E-state index contributed by atoms with van der Waals surface area (Å²) in [4.78, 5) is 14.3. The molecular weight excluding hydrogens is 418 g/mol. The van der Waals surface area contributed by atoms with E-state index in [4.69, 9.17) is 0 Å². The van der Waals surface area contributed by atoms with Gasteiger partial charge < -0.3 is 20.0 Å². The lowest BCUT2D eigenvalue weighted by Crippen LogP contribution is -2.58. The van der Waals surface area contributed by atoms with Gasteiger partial charge >= 0.3 is 18.4 Å². The highest BCUT2D eigenvalue weighted by Gasteiger charge is 2.71. The van der Waals surface area contributed by atoms with Gasteiger partial charge in [0.15, 0.2) is 0 Å². The third kappa shape index (κ3) is 4.07. The first-order valence-electron chi connectivity index (χ1n) is 9.04. The van der Waals surface area contributed by atoms with Crippen molar-refractivity contribution in [3.05, 3.63) is 35.4 Å². The van der Waals surface area contributed by atoms with Crippen molar-refractivity contribution in [1.29, 1.82) is 0 Å². The molecular formula is C19H22F6N2O3. The Bertz CT molecular complexity index is 807. The minimum absolute atomic E-state index is 0.0461. The van der Waals surface area contributed by atoms with E-state index in [0.29, 0.717) is 17.8 Å². The predicted molar refractivity (Wildman–Crippen MR) is 98.2 cm³/mol. The zero-order valence-corrected chi connectivity index (χ0v) is 16.4. The largest absolute Gasteiger partial charge is 0.465 e. The lowest BCUT2D eigenvalue weighted by atomic mass is 9.89. The second-order valence-corrected chi connectivity index (χ2v) is 7.26. The molecule has 0 spiro atoms. The van der Waals surface area contributed by atoms with Crippen LogP contribution < -0.4 is 4.90 Å². The van der Waals surface area contributed by atoms with Crippen LogP contribution in [-0.2, 0) is 5.60 Å². The van der Waals surface area contributed by atoms with Crippen LogP contribution in [0, 0.1) is 0 Å². The van der Waals surface area contributed by atoms with Crippen LogP contribution in [0.4, 0.5) is 36.8 Å². The van der Waals surface area contributed by atoms with Crippen molar-refractivity contribution < 1.29 is 41.4 Å². The summed E-state index contributed by atoms with van der Waals surface area (Å²) >= 11 is 0. The van der Waals surface area contributed by atoms with Crippen LogP contribution >= 0.6 is 0 Å². The molecule has 1 saturated heterocycles. The molecule has 1 aromatic rings. The number of amides is 1. The molecule has 1 heterocycles. The number of carbonyl (C=O) groups is 1. The fourth-order valence-electron chi connectivity index (χ4n) is 3.57. The lowest BCUT2D eigenvalue weighted by Gasteiger charge is -2.44. The molecule has 5 nitrogen and oxygen atoms in total. The number of benzene rings is 1. The number of rotatable bonds is 3. The van der Waals surface area contributed by atoms with Gasteiger partial charge in [-0.2, -0.15) is 26.3 Å². The number of hydrogen-bond acceptors (Lipinski definition) is 3. The molecule has 30 heavy (non-hydrogen) atoms. The van der Waals surface area contributed by atoms with Crippen molar-refractivity contribution in [3.8, 4) is 0 Å². The summed E-state index contributed by atoms with van der Waals surface area (Å²) in [5.41, 5.74) is -5.97. The van der Waals surface area contributed by atoms with E-state index >= 15 is 0 Å². The molecule has 1 amide bonds. The summed E-state index contributed by atoms with van der Waals surface area (Å²) in [5.74, 6) is 0. The van der Waals surface area contributed by atoms with Gasteiger partial charge in [0, 0.05) is 36.4 Å². The third-order valence-electron chi connectivity index (χ3n) is 5.15. The van der Waals surface area contributed by atoms with E-state index in [1.807, 2.05) is 0 Å². The van der Waals surface area contributed by atoms with Gasteiger partial charge in [-0.15, -0.1) is 0 Å². The summed E-state index contributed by atoms with van der Waals surface area (Å²) in [7, 11) is 0. The van der Waals surface area contributed by atoms with Crippen molar-refractivity contribution in [2.75, 3.05) is 18.0 Å². The molecule has 0 aromatic heterocycles. The van der Waals surface area contributed by atoms with Gasteiger partial charge in [-0.25, -0.2) is 4.79 Å². The highest BCUT2D eigenvalue weighted by Crippen LogP contribution is 2.50. The third-order valence-corrected chi connectivity index (χ3v) is 5.15. The van der Waals surface area contributed by atoms with E-state index in [0.717, 1.165) is 6.07 Å². The number of aliphatic hydroxyl groups is 1. The van der Waals surface area contributed by atoms with Crippen molar-refractivity contribution in [2.24, 2.45) is 0 Å². The molecule has 1 fully saturated rings. The van der Waals surface area contributed by atoms with E-state index in [2.05, 4.69) is 0 Å². The fraction of sp³-hybridized carbons (Fsp3) is 0.526. The van der Waals surface area contributed by atoms with Crippen LogP contribution in [0.25, 0.3) is 6.08 Å². The molecule has 2 N–H and O–H groups in total. The van der Waals surface area contributed by atoms with E-state index in [1.165, 1.54) is 17.1 Å². The van der Waals surface area contributed by atoms with E-state index in [-0.39, 0.29) is 24.7 Å². The van der Waals surface area contributed by atoms with Crippen LogP contribution in [0.2, 0.25) is 0 Å². The topological polar surface area (TPSA) is 64.0 Å². The highest BCUT2D eigenvalue weighted by molar-refractivity contribution is 5.71. The summed E-state index contributed by atoms with van der Waals surface area (Å²) in [6, 6.07) is 1.53. The standard InChI is InChI=1S/C19H22F6N2O3/c1-4-5-13-8-14(17(30,18(20,21)22)19(23,24)25)6-7-15(13)26-9-12(3)27(16(28)29)10-11(26)2/h4-8,11-12,30H,9-10H2,1-3H3,(H,28,29)/b5-4-. The Morgan fingerprint density at radius 3 is 2.10 bits per heavy atom. The Balaban J connectivity index is 2.57. The molecule has 2 atom stereocenters. The molecule has 1 aliphatic rings. The normalized spacial score (nSPS) is 21.4. The zero-order valence-electron chi connectivity index (χ0n) is 16.4. The number of allylic oxidation sites excluding steroid dienone is 1. The maximum atomic E-state index is 13.2. The Labute approximate surface area is 169 Å². The highest BCUT2D eigenvalue weighted by atomic mass is 19.4. The van der Waals surface area contributed by atoms with E-state index in [9.17, 15) is 41.4 Å². The van der Waals surface area contributed by atoms with Gasteiger partial charge in [-0.05, 0) is 38.5 Å². The fourth-order valence-corrected chi connectivity index (χ4v) is 3.57. The minimum Gasteiger partial charge on any atom is -0.465 e. The van der Waals surface area contributed by atoms with Gasteiger partial charge in [0.05, 0.1) is 0 Å². The quantitative estimate of drug-likeness (QED) is 0.674. The Hall–Kier alpha value is -2.43. The second-order valence-electron chi connectivity index (χ2n) is 7.26. The Morgan fingerprint density at radius 2 is 1.63 bits per heavy atom. The second kappa shape index (κ2) is 8.01. The molecule has 1 aromatic carbocycles. The van der Waals surface area contributed by atoms with Crippen LogP contribution in [0.1, 0.15) is 31.9 Å². The monoisotopic (exact) mass is 440 g/mol. The molecule has 0 radical (unpaired) electrons. The van der Waals surface area contributed by atoms with Crippen LogP contribution in [0.15, 0.2) is 24.3 Å². The van der Waals surface area contributed by atoms with Gasteiger partial charge in [0.2, 0.25) is 0 Å². The zero-order chi connectivity index (χ0) is 23.1. The molecule has 0 aliphatic carbocycles. The summed E-state index contributed by atoms with van der Waals surface area (Å²) in [5, 5.41) is 18.9. The summed E-state index contributed by atoms with van der Waals surface area (Å²) in [6.45, 7) is 5.22. The van der Waals surface area contributed by atoms with Crippen LogP contribution in [0.3, 0.4) is 0 Å². The lowest BCUT2D eigenvalue weighted by molar-refractivity contribution is -0.376. The molecule has 11 heteroatoms. The molecule has 1 aliphatic heterocycles. The van der Waals surface area contributed by atoms with Crippen molar-refractivity contribution in [2.45, 2.75) is 50.8 Å². The maximum Gasteiger partial charge on any atom is 0.430 e. The molecule has 2 unspecified atom stereocenters. The predicted octanol–water partition coefficient (Wildman–Crippen LogP) is 4.61. The first-order valence-corrected chi connectivity index (χ1v) is 9.04. The summed E-state index contributed by atoms with van der Waals surface area (Å²) < 4.78 is 79.4. The number of nitrogens with zero attached hydrogens (tertiary/aromatic N) is 2. The molecule has 0 bridgehead atoms. The van der Waals surface area contributed by atoms with E-state index < -0.39 is 35.7 Å². The Morgan fingerprint density at radius 1 is 1.07 bits per heavy atom. The maximum absolute atomic E-state index is 13.2. The average molecular weight is 440 g/mol. The van der Waals surface area contributed by atoms with Crippen molar-refractivity contribution in [1.82, 2.24) is 4.90 Å².